The molecule has 0 aliphatic heterocycles. The fourth-order valence-corrected chi connectivity index (χ4v) is 2.33. The Balaban J connectivity index is 2.39. The largest absolute Gasteiger partial charge is 0.476 e. The van der Waals surface area contributed by atoms with Gasteiger partial charge in [0.25, 0.3) is 0 Å². The summed E-state index contributed by atoms with van der Waals surface area (Å²) in [5.41, 5.74) is 0.748. The molecule has 0 bridgehead atoms. The van der Waals surface area contributed by atoms with E-state index in [2.05, 4.69) is 4.98 Å². The molecule has 2 aromatic rings. The molecule has 0 unspecified atom stereocenters. The molecule has 66 valence electrons. The maximum atomic E-state index is 10.5. The molecule has 13 heavy (non-hydrogen) atoms. The second-order valence-corrected chi connectivity index (χ2v) is 4.13. The first-order chi connectivity index (χ1) is 6.27. The van der Waals surface area contributed by atoms with Crippen molar-refractivity contribution in [3.63, 3.8) is 0 Å². The van der Waals surface area contributed by atoms with E-state index in [1.807, 2.05) is 17.5 Å². The molecule has 3 nitrogen and oxygen atoms in total. The number of carboxylic acid groups (broad SMARTS) is 1. The smallest absolute Gasteiger partial charge is 0.365 e. The summed E-state index contributed by atoms with van der Waals surface area (Å²) < 4.78 is 0. The monoisotopic (exact) mass is 211 g/mol. The highest BCUT2D eigenvalue weighted by atomic mass is 32.1. The van der Waals surface area contributed by atoms with Gasteiger partial charge in [-0.2, -0.15) is 0 Å². The molecule has 5 heteroatoms. The van der Waals surface area contributed by atoms with E-state index in [0.29, 0.717) is 0 Å². The minimum atomic E-state index is -0.965. The van der Waals surface area contributed by atoms with Crippen molar-refractivity contribution >= 4 is 28.6 Å². The predicted octanol–water partition coefficient (Wildman–Crippen LogP) is 2.57. The van der Waals surface area contributed by atoms with Gasteiger partial charge in [-0.15, -0.1) is 22.7 Å². The summed E-state index contributed by atoms with van der Waals surface area (Å²) in [5, 5.41) is 12.5. The number of aromatic nitrogens is 1. The molecule has 0 fully saturated rings. The fraction of sp³-hybridized carbons (Fsp3) is 0. The molecule has 2 aromatic heterocycles. The zero-order chi connectivity index (χ0) is 9.26. The van der Waals surface area contributed by atoms with Crippen molar-refractivity contribution in [1.82, 2.24) is 4.98 Å². The number of carbonyl (C=O) groups is 1. The van der Waals surface area contributed by atoms with E-state index >= 15 is 0 Å². The van der Waals surface area contributed by atoms with Gasteiger partial charge in [-0.3, -0.25) is 0 Å². The van der Waals surface area contributed by atoms with Crippen LogP contribution in [0.15, 0.2) is 22.9 Å². The van der Waals surface area contributed by atoms with Crippen LogP contribution >= 0.6 is 22.7 Å². The quantitative estimate of drug-likeness (QED) is 0.830. The summed E-state index contributed by atoms with van der Waals surface area (Å²) in [6.07, 6.45) is 0. The Morgan fingerprint density at radius 3 is 2.85 bits per heavy atom. The molecule has 0 aliphatic carbocycles. The third-order valence-electron chi connectivity index (χ3n) is 1.46. The standard InChI is InChI=1S/C8H5NO2S2/c10-8(11)7-9-5(4-13-7)6-2-1-3-12-6/h1-4H,(H,10,11). The third-order valence-corrected chi connectivity index (χ3v) is 3.18. The molecular weight excluding hydrogens is 206 g/mol. The van der Waals surface area contributed by atoms with Gasteiger partial charge in [0.2, 0.25) is 5.01 Å². The van der Waals surface area contributed by atoms with Gasteiger partial charge >= 0.3 is 5.97 Å². The number of carboxylic acids is 1. The number of hydrogen-bond acceptors (Lipinski definition) is 4. The van der Waals surface area contributed by atoms with Crippen LogP contribution in [-0.2, 0) is 0 Å². The lowest BCUT2D eigenvalue weighted by Crippen LogP contribution is -1.93. The summed E-state index contributed by atoms with van der Waals surface area (Å²) in [4.78, 5) is 15.5. The van der Waals surface area contributed by atoms with Crippen molar-refractivity contribution in [2.24, 2.45) is 0 Å². The van der Waals surface area contributed by atoms with Crippen LogP contribution in [0.3, 0.4) is 0 Å². The highest BCUT2D eigenvalue weighted by Gasteiger charge is 2.10. The van der Waals surface area contributed by atoms with Crippen LogP contribution in [0.1, 0.15) is 9.80 Å². The number of nitrogens with zero attached hydrogens (tertiary/aromatic N) is 1. The van der Waals surface area contributed by atoms with Gasteiger partial charge in [-0.25, -0.2) is 9.78 Å². The average Bonchev–Trinajstić information content (AvgIpc) is 2.75. The molecule has 0 atom stereocenters. The first kappa shape index (κ1) is 8.40. The Bertz CT molecular complexity index is 419. The number of hydrogen-bond donors (Lipinski definition) is 1. The van der Waals surface area contributed by atoms with Crippen molar-refractivity contribution < 1.29 is 9.90 Å². The van der Waals surface area contributed by atoms with Crippen LogP contribution in [0.2, 0.25) is 0 Å². The Labute approximate surface area is 82.3 Å². The Kier molecular flexibility index (Phi) is 2.12. The van der Waals surface area contributed by atoms with Crippen LogP contribution < -0.4 is 0 Å². The van der Waals surface area contributed by atoms with Crippen LogP contribution in [0, 0.1) is 0 Å². The predicted molar refractivity (Wildman–Crippen MR) is 52.4 cm³/mol. The minimum Gasteiger partial charge on any atom is -0.476 e. The van der Waals surface area contributed by atoms with Gasteiger partial charge in [-0.1, -0.05) is 6.07 Å². The highest BCUT2D eigenvalue weighted by Crippen LogP contribution is 2.25. The zero-order valence-electron chi connectivity index (χ0n) is 6.43. The lowest BCUT2D eigenvalue weighted by atomic mass is 10.4. The number of thiazole rings is 1. The molecule has 0 aromatic carbocycles. The van der Waals surface area contributed by atoms with Gasteiger partial charge in [0, 0.05) is 5.38 Å². The van der Waals surface area contributed by atoms with E-state index in [-0.39, 0.29) is 5.01 Å². The van der Waals surface area contributed by atoms with Crippen molar-refractivity contribution in [3.8, 4) is 10.6 Å². The Morgan fingerprint density at radius 1 is 1.46 bits per heavy atom. The van der Waals surface area contributed by atoms with Gasteiger partial charge in [-0.05, 0) is 11.4 Å². The number of aromatic carboxylic acids is 1. The molecule has 1 N–H and O–H groups in total. The maximum absolute atomic E-state index is 10.5. The SMILES string of the molecule is O=C(O)c1nc(-c2cccs2)cs1. The molecule has 0 saturated heterocycles. The summed E-state index contributed by atoms with van der Waals surface area (Å²) in [5.74, 6) is -0.965. The molecule has 0 saturated carbocycles. The average molecular weight is 211 g/mol. The highest BCUT2D eigenvalue weighted by molar-refractivity contribution is 7.15. The van der Waals surface area contributed by atoms with Gasteiger partial charge in [0.15, 0.2) is 0 Å². The van der Waals surface area contributed by atoms with Gasteiger partial charge in [0.05, 0.1) is 10.6 Å². The second kappa shape index (κ2) is 3.27. The van der Waals surface area contributed by atoms with E-state index < -0.39 is 5.97 Å². The molecule has 2 heterocycles. The van der Waals surface area contributed by atoms with E-state index in [4.69, 9.17) is 5.11 Å². The van der Waals surface area contributed by atoms with Crippen LogP contribution in [0.4, 0.5) is 0 Å². The second-order valence-electron chi connectivity index (χ2n) is 2.32. The first-order valence-corrected chi connectivity index (χ1v) is 5.26. The summed E-state index contributed by atoms with van der Waals surface area (Å²) >= 11 is 2.70. The van der Waals surface area contributed by atoms with E-state index in [1.54, 1.807) is 16.7 Å². The van der Waals surface area contributed by atoms with Crippen LogP contribution in [0.5, 0.6) is 0 Å². The third kappa shape index (κ3) is 1.61. The number of rotatable bonds is 2. The molecule has 0 spiro atoms. The van der Waals surface area contributed by atoms with Gasteiger partial charge < -0.3 is 5.11 Å². The van der Waals surface area contributed by atoms with Crippen molar-refractivity contribution in [3.05, 3.63) is 27.9 Å². The van der Waals surface area contributed by atoms with E-state index in [9.17, 15) is 4.79 Å². The van der Waals surface area contributed by atoms with Crippen LogP contribution in [-0.4, -0.2) is 16.1 Å². The maximum Gasteiger partial charge on any atom is 0.365 e. The zero-order valence-corrected chi connectivity index (χ0v) is 8.06. The molecule has 0 radical (unpaired) electrons. The van der Waals surface area contributed by atoms with E-state index in [1.165, 1.54) is 0 Å². The lowest BCUT2D eigenvalue weighted by Gasteiger charge is -1.86. The van der Waals surface area contributed by atoms with Crippen molar-refractivity contribution in [2.75, 3.05) is 0 Å². The Hall–Kier alpha value is -1.20. The molecule has 2 rings (SSSR count). The van der Waals surface area contributed by atoms with Crippen molar-refractivity contribution in [2.45, 2.75) is 0 Å². The molecular formula is C8H5NO2S2. The molecule has 0 aliphatic rings. The summed E-state index contributed by atoms with van der Waals surface area (Å²) in [6.45, 7) is 0. The fourth-order valence-electron chi connectivity index (χ4n) is 0.909. The van der Waals surface area contributed by atoms with Crippen LogP contribution in [0.25, 0.3) is 10.6 Å². The molecule has 0 amide bonds. The summed E-state index contributed by atoms with van der Waals surface area (Å²) in [6, 6.07) is 3.84. The normalized spacial score (nSPS) is 10.2. The topological polar surface area (TPSA) is 50.2 Å². The van der Waals surface area contributed by atoms with E-state index in [0.717, 1.165) is 21.9 Å². The Morgan fingerprint density at radius 2 is 2.31 bits per heavy atom. The lowest BCUT2D eigenvalue weighted by molar-refractivity contribution is 0.0696. The first-order valence-electron chi connectivity index (χ1n) is 3.50. The number of thiophene rings is 1. The van der Waals surface area contributed by atoms with Crippen molar-refractivity contribution in [1.29, 1.82) is 0 Å². The minimum absolute atomic E-state index is 0.142. The summed E-state index contributed by atoms with van der Waals surface area (Å²) in [7, 11) is 0. The van der Waals surface area contributed by atoms with Gasteiger partial charge in [0.1, 0.15) is 0 Å².